The third-order valence-electron chi connectivity index (χ3n) is 4.94. The first kappa shape index (κ1) is 17.2. The van der Waals surface area contributed by atoms with Crippen molar-refractivity contribution in [3.8, 4) is 0 Å². The van der Waals surface area contributed by atoms with Gasteiger partial charge in [-0.15, -0.1) is 0 Å². The highest BCUT2D eigenvalue weighted by Crippen LogP contribution is 2.34. The lowest BCUT2D eigenvalue weighted by atomic mass is 9.87. The van der Waals surface area contributed by atoms with Crippen LogP contribution in [0.3, 0.4) is 0 Å². The molecule has 0 aromatic heterocycles. The number of amides is 1. The van der Waals surface area contributed by atoms with E-state index < -0.39 is 4.92 Å². The normalized spacial score (nSPS) is 17.6. The fourth-order valence-electron chi connectivity index (χ4n) is 3.58. The average molecular weight is 319 g/mol. The molecule has 1 atom stereocenters. The molecule has 1 amide bonds. The van der Waals surface area contributed by atoms with Crippen molar-refractivity contribution in [1.29, 1.82) is 0 Å². The Bertz CT molecular complexity index is 584. The van der Waals surface area contributed by atoms with Crippen molar-refractivity contribution < 1.29 is 9.72 Å². The number of carbonyl (C=O) groups excluding carboxylic acids is 1. The highest BCUT2D eigenvalue weighted by molar-refractivity contribution is 6.00. The number of benzene rings is 1. The summed E-state index contributed by atoms with van der Waals surface area (Å²) < 4.78 is 0. The van der Waals surface area contributed by atoms with E-state index in [1.165, 1.54) is 12.1 Å². The van der Waals surface area contributed by atoms with Crippen molar-refractivity contribution in [3.05, 3.63) is 33.9 Å². The number of rotatable bonds is 6. The Morgan fingerprint density at radius 2 is 2.13 bits per heavy atom. The van der Waals surface area contributed by atoms with Gasteiger partial charge in [-0.25, -0.2) is 0 Å². The molecule has 1 heterocycles. The summed E-state index contributed by atoms with van der Waals surface area (Å²) in [7, 11) is 1.54. The number of hydrogen-bond donors (Lipinski definition) is 1. The molecule has 2 rings (SSSR count). The molecular formula is C17H25N3O3. The Morgan fingerprint density at radius 1 is 1.43 bits per heavy atom. The molecule has 0 spiro atoms. The smallest absolute Gasteiger partial charge is 0.270 e. The van der Waals surface area contributed by atoms with Crippen molar-refractivity contribution in [2.75, 3.05) is 25.0 Å². The van der Waals surface area contributed by atoms with Crippen LogP contribution < -0.4 is 10.2 Å². The molecule has 1 aromatic rings. The van der Waals surface area contributed by atoms with Crippen LogP contribution in [0.5, 0.6) is 0 Å². The predicted molar refractivity (Wildman–Crippen MR) is 90.9 cm³/mol. The number of nitro benzene ring substituents is 1. The summed E-state index contributed by atoms with van der Waals surface area (Å²) in [5.74, 6) is 1.04. The van der Waals surface area contributed by atoms with Crippen LogP contribution in [0.2, 0.25) is 0 Å². The lowest BCUT2D eigenvalue weighted by molar-refractivity contribution is -0.384. The van der Waals surface area contributed by atoms with Gasteiger partial charge in [-0.1, -0.05) is 26.7 Å². The maximum atomic E-state index is 12.1. The molecule has 0 radical (unpaired) electrons. The Balaban J connectivity index is 2.29. The number of carbonyl (C=O) groups is 1. The maximum absolute atomic E-state index is 12.1. The van der Waals surface area contributed by atoms with Gasteiger partial charge in [0.2, 0.25) is 0 Å². The second kappa shape index (κ2) is 7.44. The van der Waals surface area contributed by atoms with E-state index in [4.69, 9.17) is 0 Å². The van der Waals surface area contributed by atoms with Gasteiger partial charge in [0.25, 0.3) is 11.6 Å². The van der Waals surface area contributed by atoms with Crippen LogP contribution in [-0.4, -0.2) is 31.0 Å². The van der Waals surface area contributed by atoms with Crippen LogP contribution in [0.25, 0.3) is 0 Å². The van der Waals surface area contributed by atoms with Crippen LogP contribution in [0.15, 0.2) is 18.2 Å². The lowest BCUT2D eigenvalue weighted by Gasteiger charge is -2.24. The molecule has 1 saturated heterocycles. The van der Waals surface area contributed by atoms with Crippen LogP contribution >= 0.6 is 0 Å². The summed E-state index contributed by atoms with van der Waals surface area (Å²) in [5.41, 5.74) is 1.12. The van der Waals surface area contributed by atoms with E-state index in [0.29, 0.717) is 17.4 Å². The van der Waals surface area contributed by atoms with Gasteiger partial charge in [0.05, 0.1) is 16.2 Å². The number of nitrogens with zero attached hydrogens (tertiary/aromatic N) is 2. The highest BCUT2D eigenvalue weighted by atomic mass is 16.6. The van der Waals surface area contributed by atoms with Gasteiger partial charge < -0.3 is 10.2 Å². The lowest BCUT2D eigenvalue weighted by Crippen LogP contribution is -2.27. The van der Waals surface area contributed by atoms with Crippen LogP contribution in [-0.2, 0) is 0 Å². The first-order chi connectivity index (χ1) is 11.0. The van der Waals surface area contributed by atoms with E-state index in [-0.39, 0.29) is 11.6 Å². The van der Waals surface area contributed by atoms with Crippen molar-refractivity contribution in [1.82, 2.24) is 5.32 Å². The van der Waals surface area contributed by atoms with E-state index in [9.17, 15) is 14.9 Å². The summed E-state index contributed by atoms with van der Waals surface area (Å²) >= 11 is 0. The molecule has 0 bridgehead atoms. The van der Waals surface area contributed by atoms with Crippen LogP contribution in [0.1, 0.15) is 43.5 Å². The molecule has 126 valence electrons. The average Bonchev–Trinajstić information content (AvgIpc) is 3.04. The van der Waals surface area contributed by atoms with E-state index in [0.717, 1.165) is 38.0 Å². The minimum atomic E-state index is -0.465. The zero-order chi connectivity index (χ0) is 17.0. The second-order valence-corrected chi connectivity index (χ2v) is 6.11. The van der Waals surface area contributed by atoms with Crippen molar-refractivity contribution in [2.24, 2.45) is 11.8 Å². The van der Waals surface area contributed by atoms with Crippen LogP contribution in [0, 0.1) is 22.0 Å². The molecule has 1 unspecified atom stereocenters. The quantitative estimate of drug-likeness (QED) is 0.645. The molecular weight excluding hydrogens is 294 g/mol. The van der Waals surface area contributed by atoms with Gasteiger partial charge in [-0.2, -0.15) is 0 Å². The minimum absolute atomic E-state index is 0.0527. The van der Waals surface area contributed by atoms with Gasteiger partial charge >= 0.3 is 0 Å². The minimum Gasteiger partial charge on any atom is -0.371 e. The fraction of sp³-hybridized carbons (Fsp3) is 0.588. The fourth-order valence-corrected chi connectivity index (χ4v) is 3.58. The summed E-state index contributed by atoms with van der Waals surface area (Å²) in [6.07, 6.45) is 3.44. The van der Waals surface area contributed by atoms with E-state index in [1.807, 2.05) is 0 Å². The first-order valence-electron chi connectivity index (χ1n) is 8.27. The Labute approximate surface area is 137 Å². The molecule has 0 aliphatic carbocycles. The molecule has 1 aliphatic rings. The summed E-state index contributed by atoms with van der Waals surface area (Å²) in [6, 6.07) is 4.56. The van der Waals surface area contributed by atoms with Gasteiger partial charge in [-0.05, 0) is 24.3 Å². The Hall–Kier alpha value is -2.11. The van der Waals surface area contributed by atoms with Gasteiger partial charge in [-0.3, -0.25) is 14.9 Å². The maximum Gasteiger partial charge on any atom is 0.270 e. The molecule has 23 heavy (non-hydrogen) atoms. The summed E-state index contributed by atoms with van der Waals surface area (Å²) in [6.45, 7) is 6.24. The van der Waals surface area contributed by atoms with E-state index in [2.05, 4.69) is 24.1 Å². The molecule has 1 N–H and O–H groups in total. The predicted octanol–water partition coefficient (Wildman–Crippen LogP) is 3.22. The second-order valence-electron chi connectivity index (χ2n) is 6.11. The van der Waals surface area contributed by atoms with Gasteiger partial charge in [0.15, 0.2) is 0 Å². The van der Waals surface area contributed by atoms with E-state index >= 15 is 0 Å². The molecule has 6 nitrogen and oxygen atoms in total. The number of hydrogen-bond acceptors (Lipinski definition) is 4. The zero-order valence-corrected chi connectivity index (χ0v) is 14.0. The van der Waals surface area contributed by atoms with Crippen LogP contribution in [0.4, 0.5) is 11.4 Å². The third-order valence-corrected chi connectivity index (χ3v) is 4.94. The number of nitro groups is 1. The monoisotopic (exact) mass is 319 g/mol. The Morgan fingerprint density at radius 3 is 2.70 bits per heavy atom. The zero-order valence-electron chi connectivity index (χ0n) is 14.0. The molecule has 1 aromatic carbocycles. The molecule has 1 aliphatic heterocycles. The standard InChI is InChI=1S/C17H25N3O3/c1-4-12(5-2)13-8-9-19(11-13)16-7-6-14(20(22)23)10-15(16)17(21)18-3/h6-7,10,12-13H,4-5,8-9,11H2,1-3H3,(H,18,21). The number of non-ortho nitro benzene ring substituents is 1. The molecule has 1 fully saturated rings. The van der Waals surface area contributed by atoms with Gasteiger partial charge in [0, 0.05) is 32.3 Å². The van der Waals surface area contributed by atoms with Crippen molar-refractivity contribution in [3.63, 3.8) is 0 Å². The van der Waals surface area contributed by atoms with Crippen molar-refractivity contribution in [2.45, 2.75) is 33.1 Å². The topological polar surface area (TPSA) is 75.5 Å². The Kier molecular flexibility index (Phi) is 5.58. The first-order valence-corrected chi connectivity index (χ1v) is 8.27. The van der Waals surface area contributed by atoms with Crippen molar-refractivity contribution >= 4 is 17.3 Å². The largest absolute Gasteiger partial charge is 0.371 e. The highest BCUT2D eigenvalue weighted by Gasteiger charge is 2.30. The molecule has 0 saturated carbocycles. The summed E-state index contributed by atoms with van der Waals surface area (Å²) in [5, 5.41) is 13.6. The van der Waals surface area contributed by atoms with E-state index in [1.54, 1.807) is 13.1 Å². The SMILES string of the molecule is CCC(CC)C1CCN(c2ccc([N+](=O)[O-])cc2C(=O)NC)C1. The summed E-state index contributed by atoms with van der Waals surface area (Å²) in [4.78, 5) is 24.8. The number of nitrogens with one attached hydrogen (secondary N) is 1. The number of anilines is 1. The third kappa shape index (κ3) is 3.63. The van der Waals surface area contributed by atoms with Gasteiger partial charge in [0.1, 0.15) is 0 Å². The molecule has 6 heteroatoms.